The van der Waals surface area contributed by atoms with Gasteiger partial charge in [0.2, 0.25) is 10.0 Å². The number of anilines is 1. The Labute approximate surface area is 177 Å². The number of para-hydroxylation sites is 1. The van der Waals surface area contributed by atoms with Crippen LogP contribution in [0.4, 0.5) is 5.69 Å². The first-order chi connectivity index (χ1) is 14.2. The third-order valence-electron chi connectivity index (χ3n) is 5.68. The molecule has 1 aromatic heterocycles. The van der Waals surface area contributed by atoms with Gasteiger partial charge < -0.3 is 9.32 Å². The molecule has 0 bridgehead atoms. The minimum atomic E-state index is -3.35. The largest absolute Gasteiger partial charge is 0.461 e. The Bertz CT molecular complexity index is 1230. The normalized spacial score (nSPS) is 16.1. The van der Waals surface area contributed by atoms with Gasteiger partial charge in [-0.25, -0.2) is 8.42 Å². The Morgan fingerprint density at radius 1 is 1.23 bits per heavy atom. The lowest BCUT2D eigenvalue weighted by Crippen LogP contribution is -2.34. The fourth-order valence-electron chi connectivity index (χ4n) is 4.38. The lowest BCUT2D eigenvalue weighted by Gasteiger charge is -2.22. The molecule has 0 N–H and O–H groups in total. The van der Waals surface area contributed by atoms with Crippen molar-refractivity contribution in [2.45, 2.75) is 39.3 Å². The maximum atomic E-state index is 13.1. The second-order valence-corrected chi connectivity index (χ2v) is 9.83. The standard InChI is InChI=1S/C23H26N2O4S/c1-5-21-19(18-8-6-7-9-22(18)29-21)14-24(3)23(26)16-10-11-20-17(13-16)12-15(2)25(20)30(4,27)28/h6-11,13,15H,5,12,14H2,1-4H3. The van der Waals surface area contributed by atoms with Crippen LogP contribution in [0.5, 0.6) is 0 Å². The van der Waals surface area contributed by atoms with E-state index in [4.69, 9.17) is 4.42 Å². The highest BCUT2D eigenvalue weighted by Crippen LogP contribution is 2.35. The van der Waals surface area contributed by atoms with Crippen molar-refractivity contribution in [3.8, 4) is 0 Å². The van der Waals surface area contributed by atoms with E-state index >= 15 is 0 Å². The molecular formula is C23H26N2O4S. The third kappa shape index (κ3) is 3.47. The van der Waals surface area contributed by atoms with Gasteiger partial charge in [0.1, 0.15) is 11.3 Å². The van der Waals surface area contributed by atoms with Crippen LogP contribution in [0, 0.1) is 0 Å². The molecule has 0 saturated carbocycles. The summed E-state index contributed by atoms with van der Waals surface area (Å²) in [6.45, 7) is 4.37. The zero-order chi connectivity index (χ0) is 21.6. The fourth-order valence-corrected chi connectivity index (χ4v) is 5.64. The van der Waals surface area contributed by atoms with Gasteiger partial charge in [0.05, 0.1) is 11.9 Å². The maximum absolute atomic E-state index is 13.1. The lowest BCUT2D eigenvalue weighted by atomic mass is 10.1. The van der Waals surface area contributed by atoms with Crippen LogP contribution in [-0.2, 0) is 29.4 Å². The Hall–Kier alpha value is -2.80. The number of hydrogen-bond donors (Lipinski definition) is 0. The minimum absolute atomic E-state index is 0.101. The minimum Gasteiger partial charge on any atom is -0.461 e. The van der Waals surface area contributed by atoms with Crippen LogP contribution < -0.4 is 4.31 Å². The lowest BCUT2D eigenvalue weighted by molar-refractivity contribution is 0.0785. The van der Waals surface area contributed by atoms with Crippen LogP contribution in [0.3, 0.4) is 0 Å². The van der Waals surface area contributed by atoms with E-state index in [-0.39, 0.29) is 11.9 Å². The van der Waals surface area contributed by atoms with Crippen LogP contribution in [0.1, 0.15) is 41.1 Å². The quantitative estimate of drug-likeness (QED) is 0.619. The topological polar surface area (TPSA) is 70.8 Å². The second kappa shape index (κ2) is 7.47. The van der Waals surface area contributed by atoms with E-state index in [1.165, 1.54) is 10.6 Å². The number of benzene rings is 2. The van der Waals surface area contributed by atoms with Crippen molar-refractivity contribution in [2.24, 2.45) is 0 Å². The molecule has 158 valence electrons. The summed E-state index contributed by atoms with van der Waals surface area (Å²) in [5, 5.41) is 1.03. The van der Waals surface area contributed by atoms with Crippen LogP contribution in [0.2, 0.25) is 0 Å². The number of fused-ring (bicyclic) bond motifs is 2. The van der Waals surface area contributed by atoms with Crippen LogP contribution >= 0.6 is 0 Å². The van der Waals surface area contributed by atoms with Gasteiger partial charge in [-0.3, -0.25) is 9.10 Å². The van der Waals surface area contributed by atoms with Gasteiger partial charge in [-0.15, -0.1) is 0 Å². The van der Waals surface area contributed by atoms with Crippen LogP contribution in [0.25, 0.3) is 11.0 Å². The molecule has 1 unspecified atom stereocenters. The molecule has 0 saturated heterocycles. The summed E-state index contributed by atoms with van der Waals surface area (Å²) in [5.74, 6) is 0.790. The average molecular weight is 427 g/mol. The molecule has 0 radical (unpaired) electrons. The number of furan rings is 1. The van der Waals surface area contributed by atoms with Crippen molar-refractivity contribution in [3.63, 3.8) is 0 Å². The first kappa shape index (κ1) is 20.5. The number of nitrogens with zero attached hydrogens (tertiary/aromatic N) is 2. The zero-order valence-electron chi connectivity index (χ0n) is 17.7. The van der Waals surface area contributed by atoms with Gasteiger partial charge in [-0.1, -0.05) is 25.1 Å². The molecule has 4 rings (SSSR count). The van der Waals surface area contributed by atoms with E-state index in [2.05, 4.69) is 0 Å². The summed E-state index contributed by atoms with van der Waals surface area (Å²) < 4.78 is 31.6. The molecule has 2 heterocycles. The van der Waals surface area contributed by atoms with Crippen molar-refractivity contribution in [1.29, 1.82) is 0 Å². The van der Waals surface area contributed by atoms with Gasteiger partial charge in [-0.2, -0.15) is 0 Å². The Morgan fingerprint density at radius 3 is 2.67 bits per heavy atom. The summed E-state index contributed by atoms with van der Waals surface area (Å²) in [5.41, 5.74) is 3.97. The zero-order valence-corrected chi connectivity index (χ0v) is 18.5. The molecule has 3 aromatic rings. The van der Waals surface area contributed by atoms with Crippen LogP contribution in [0.15, 0.2) is 46.9 Å². The summed E-state index contributed by atoms with van der Waals surface area (Å²) in [6.07, 6.45) is 2.57. The molecule has 0 spiro atoms. The van der Waals surface area contributed by atoms with E-state index in [9.17, 15) is 13.2 Å². The maximum Gasteiger partial charge on any atom is 0.253 e. The number of carbonyl (C=O) groups excluding carboxylic acids is 1. The van der Waals surface area contributed by atoms with E-state index < -0.39 is 10.0 Å². The highest BCUT2D eigenvalue weighted by atomic mass is 32.2. The number of aryl methyl sites for hydroxylation is 1. The SMILES string of the molecule is CCc1oc2ccccc2c1CN(C)C(=O)c1ccc2c(c1)CC(C)N2S(C)(=O)=O. The molecule has 1 amide bonds. The summed E-state index contributed by atoms with van der Waals surface area (Å²) >= 11 is 0. The molecule has 0 fully saturated rings. The predicted molar refractivity (Wildman–Crippen MR) is 118 cm³/mol. The smallest absolute Gasteiger partial charge is 0.253 e. The summed E-state index contributed by atoms with van der Waals surface area (Å²) in [4.78, 5) is 14.8. The van der Waals surface area contributed by atoms with Gasteiger partial charge in [0.15, 0.2) is 0 Å². The van der Waals surface area contributed by atoms with Crippen LogP contribution in [-0.4, -0.2) is 38.6 Å². The second-order valence-electron chi connectivity index (χ2n) is 7.97. The van der Waals surface area contributed by atoms with Gasteiger partial charge in [0, 0.05) is 42.6 Å². The van der Waals surface area contributed by atoms with Gasteiger partial charge in [-0.05, 0) is 43.2 Å². The predicted octanol–water partition coefficient (Wildman–Crippen LogP) is 3.98. The molecule has 1 aliphatic rings. The summed E-state index contributed by atoms with van der Waals surface area (Å²) in [6, 6.07) is 13.0. The fraction of sp³-hybridized carbons (Fsp3) is 0.348. The van der Waals surface area contributed by atoms with Crippen molar-refractivity contribution in [1.82, 2.24) is 4.90 Å². The summed E-state index contributed by atoms with van der Waals surface area (Å²) in [7, 11) is -1.57. The third-order valence-corrected chi connectivity index (χ3v) is 6.95. The van der Waals surface area contributed by atoms with Gasteiger partial charge >= 0.3 is 0 Å². The average Bonchev–Trinajstić information content (AvgIpc) is 3.23. The molecule has 1 atom stereocenters. The molecule has 0 aliphatic carbocycles. The van der Waals surface area contributed by atoms with E-state index in [0.717, 1.165) is 34.3 Å². The molecule has 6 nitrogen and oxygen atoms in total. The van der Waals surface area contributed by atoms with Crippen molar-refractivity contribution in [3.05, 3.63) is 64.9 Å². The van der Waals surface area contributed by atoms with Gasteiger partial charge in [0.25, 0.3) is 5.91 Å². The molecule has 2 aromatic carbocycles. The van der Waals surface area contributed by atoms with Crippen molar-refractivity contribution < 1.29 is 17.6 Å². The van der Waals surface area contributed by atoms with E-state index in [1.807, 2.05) is 44.2 Å². The number of sulfonamides is 1. The Morgan fingerprint density at radius 2 is 1.97 bits per heavy atom. The Kier molecular flexibility index (Phi) is 5.10. The monoisotopic (exact) mass is 426 g/mol. The number of amides is 1. The molecule has 1 aliphatic heterocycles. The van der Waals surface area contributed by atoms with E-state index in [1.54, 1.807) is 24.1 Å². The first-order valence-corrected chi connectivity index (χ1v) is 11.9. The van der Waals surface area contributed by atoms with E-state index in [0.29, 0.717) is 24.2 Å². The highest BCUT2D eigenvalue weighted by molar-refractivity contribution is 7.92. The first-order valence-electron chi connectivity index (χ1n) is 10.1. The number of rotatable bonds is 5. The Balaban J connectivity index is 1.61. The molecule has 7 heteroatoms. The van der Waals surface area contributed by atoms with Crippen molar-refractivity contribution >= 4 is 32.6 Å². The molecular weight excluding hydrogens is 400 g/mol. The molecule has 30 heavy (non-hydrogen) atoms. The highest BCUT2D eigenvalue weighted by Gasteiger charge is 2.33. The number of carbonyl (C=O) groups is 1. The van der Waals surface area contributed by atoms with Crippen molar-refractivity contribution in [2.75, 3.05) is 17.6 Å². The number of hydrogen-bond acceptors (Lipinski definition) is 4.